The van der Waals surface area contributed by atoms with Crippen molar-refractivity contribution in [2.75, 3.05) is 7.11 Å². The Labute approximate surface area is 144 Å². The van der Waals surface area contributed by atoms with Crippen molar-refractivity contribution in [3.05, 3.63) is 59.8 Å². The second kappa shape index (κ2) is 6.81. The Morgan fingerprint density at radius 1 is 1.24 bits per heavy atom. The van der Waals surface area contributed by atoms with Crippen LogP contribution < -0.4 is 10.5 Å². The molecule has 1 heterocycles. The van der Waals surface area contributed by atoms with E-state index in [0.717, 1.165) is 5.52 Å². The molecule has 3 aromatic rings. The zero-order valence-corrected chi connectivity index (χ0v) is 13.5. The van der Waals surface area contributed by atoms with E-state index < -0.39 is 0 Å². The minimum Gasteiger partial charge on any atom is -0.505 e. The predicted molar refractivity (Wildman–Crippen MR) is 97.8 cm³/mol. The predicted octanol–water partition coefficient (Wildman–Crippen LogP) is 3.48. The average molecular weight is 332 g/mol. The topological polar surface area (TPSA) is 107 Å². The third kappa shape index (κ3) is 3.31. The van der Waals surface area contributed by atoms with Gasteiger partial charge in [0.05, 0.1) is 24.1 Å². The number of aromatic hydroxyl groups is 1. The number of methoxy groups -OCH3 is 1. The highest BCUT2D eigenvalue weighted by Gasteiger charge is 2.10. The molecule has 0 saturated carbocycles. The summed E-state index contributed by atoms with van der Waals surface area (Å²) in [6.45, 7) is 0. The van der Waals surface area contributed by atoms with Crippen LogP contribution in [0.2, 0.25) is 0 Å². The standard InChI is InChI=1S/C19H16N4O2/c1-25-14-8-6-13(7-9-14)22-19(21)12(11-20)10-17-18(24)15-4-2-3-5-16(15)23-17/h2-10,23-24H,1H3,(H2,21,22)/b12-10+. The summed E-state index contributed by atoms with van der Waals surface area (Å²) in [7, 11) is 1.58. The Balaban J connectivity index is 1.97. The number of rotatable bonds is 4. The Kier molecular flexibility index (Phi) is 4.40. The molecule has 3 rings (SSSR count). The third-order valence-corrected chi connectivity index (χ3v) is 3.71. The molecule has 6 heteroatoms. The van der Waals surface area contributed by atoms with E-state index in [4.69, 9.17) is 10.5 Å². The van der Waals surface area contributed by atoms with Gasteiger partial charge in [0.25, 0.3) is 0 Å². The van der Waals surface area contributed by atoms with Gasteiger partial charge >= 0.3 is 0 Å². The van der Waals surface area contributed by atoms with Gasteiger partial charge in [-0.1, -0.05) is 12.1 Å². The number of nitrogens with two attached hydrogens (primary N) is 1. The Morgan fingerprint density at radius 2 is 1.96 bits per heavy atom. The molecule has 4 N–H and O–H groups in total. The molecule has 0 amide bonds. The molecule has 0 radical (unpaired) electrons. The highest BCUT2D eigenvalue weighted by molar-refractivity contribution is 6.06. The number of aromatic amines is 1. The van der Waals surface area contributed by atoms with Crippen LogP contribution in [-0.2, 0) is 0 Å². The van der Waals surface area contributed by atoms with Gasteiger partial charge in [0.15, 0.2) is 0 Å². The van der Waals surface area contributed by atoms with E-state index in [1.807, 2.05) is 24.3 Å². The van der Waals surface area contributed by atoms with Crippen LogP contribution in [0.5, 0.6) is 11.5 Å². The second-order valence-corrected chi connectivity index (χ2v) is 5.30. The van der Waals surface area contributed by atoms with E-state index in [-0.39, 0.29) is 17.2 Å². The molecule has 0 fully saturated rings. The number of para-hydroxylation sites is 1. The number of nitrogens with zero attached hydrogens (tertiary/aromatic N) is 2. The number of nitrogens with one attached hydrogen (secondary N) is 1. The molecule has 1 aromatic heterocycles. The number of aliphatic imine (C=N–C) groups is 1. The molecule has 0 spiro atoms. The van der Waals surface area contributed by atoms with Gasteiger partial charge in [-0.2, -0.15) is 5.26 Å². The summed E-state index contributed by atoms with van der Waals surface area (Å²) < 4.78 is 5.09. The first-order valence-corrected chi connectivity index (χ1v) is 7.52. The Bertz CT molecular complexity index is 1010. The number of ether oxygens (including phenoxy) is 1. The first-order chi connectivity index (χ1) is 12.1. The lowest BCUT2D eigenvalue weighted by Gasteiger charge is -2.01. The quantitative estimate of drug-likeness (QED) is 0.386. The number of amidine groups is 1. The summed E-state index contributed by atoms with van der Waals surface area (Å²) in [5.74, 6) is 0.836. The van der Waals surface area contributed by atoms with Crippen molar-refractivity contribution in [3.63, 3.8) is 0 Å². The third-order valence-electron chi connectivity index (χ3n) is 3.71. The fourth-order valence-corrected chi connectivity index (χ4v) is 2.42. The van der Waals surface area contributed by atoms with Gasteiger partial charge in [-0.05, 0) is 42.5 Å². The molecule has 0 unspecified atom stereocenters. The summed E-state index contributed by atoms with van der Waals surface area (Å²) in [6.07, 6.45) is 1.48. The van der Waals surface area contributed by atoms with Crippen molar-refractivity contribution in [1.29, 1.82) is 5.26 Å². The molecule has 0 aliphatic carbocycles. The normalized spacial score (nSPS) is 12.2. The lowest BCUT2D eigenvalue weighted by Crippen LogP contribution is -2.13. The van der Waals surface area contributed by atoms with Gasteiger partial charge in [-0.15, -0.1) is 0 Å². The lowest BCUT2D eigenvalue weighted by molar-refractivity contribution is 0.415. The van der Waals surface area contributed by atoms with Gasteiger partial charge in [0.2, 0.25) is 0 Å². The molecule has 2 aromatic carbocycles. The van der Waals surface area contributed by atoms with Gasteiger partial charge in [0, 0.05) is 10.9 Å². The van der Waals surface area contributed by atoms with Gasteiger partial charge in [-0.25, -0.2) is 4.99 Å². The van der Waals surface area contributed by atoms with E-state index in [2.05, 4.69) is 9.98 Å². The first kappa shape index (κ1) is 16.1. The van der Waals surface area contributed by atoms with Crippen LogP contribution in [0.4, 0.5) is 5.69 Å². The molecule has 6 nitrogen and oxygen atoms in total. The summed E-state index contributed by atoms with van der Waals surface area (Å²) in [4.78, 5) is 7.30. The largest absolute Gasteiger partial charge is 0.505 e. The number of H-pyrrole nitrogens is 1. The van der Waals surface area contributed by atoms with Crippen LogP contribution >= 0.6 is 0 Å². The van der Waals surface area contributed by atoms with E-state index >= 15 is 0 Å². The molecular weight excluding hydrogens is 316 g/mol. The first-order valence-electron chi connectivity index (χ1n) is 7.52. The molecule has 25 heavy (non-hydrogen) atoms. The fourth-order valence-electron chi connectivity index (χ4n) is 2.42. The minimum absolute atomic E-state index is 0.0609. The van der Waals surface area contributed by atoms with Gasteiger partial charge in [-0.3, -0.25) is 0 Å². The molecule has 0 saturated heterocycles. The van der Waals surface area contributed by atoms with Crippen LogP contribution in [0.25, 0.3) is 17.0 Å². The summed E-state index contributed by atoms with van der Waals surface area (Å²) in [5, 5.41) is 20.3. The van der Waals surface area contributed by atoms with E-state index in [1.165, 1.54) is 6.08 Å². The molecule has 0 atom stereocenters. The van der Waals surface area contributed by atoms with E-state index in [9.17, 15) is 10.4 Å². The Morgan fingerprint density at radius 3 is 2.60 bits per heavy atom. The minimum atomic E-state index is 0.0609. The van der Waals surface area contributed by atoms with Crippen LogP contribution in [0.15, 0.2) is 59.1 Å². The van der Waals surface area contributed by atoms with Crippen molar-refractivity contribution >= 4 is 28.5 Å². The smallest absolute Gasteiger partial charge is 0.148 e. The number of benzene rings is 2. The average Bonchev–Trinajstić information content (AvgIpc) is 2.96. The number of nitriles is 1. The second-order valence-electron chi connectivity index (χ2n) is 5.30. The summed E-state index contributed by atoms with van der Waals surface area (Å²) in [5.41, 5.74) is 7.88. The van der Waals surface area contributed by atoms with Crippen LogP contribution in [0, 0.1) is 11.3 Å². The molecule has 0 aliphatic heterocycles. The highest BCUT2D eigenvalue weighted by atomic mass is 16.5. The summed E-state index contributed by atoms with van der Waals surface area (Å²) >= 11 is 0. The molecule has 124 valence electrons. The zero-order chi connectivity index (χ0) is 17.8. The van der Waals surface area contributed by atoms with E-state index in [1.54, 1.807) is 37.4 Å². The highest BCUT2D eigenvalue weighted by Crippen LogP contribution is 2.30. The molecule has 0 bridgehead atoms. The SMILES string of the molecule is COc1ccc(N=C(N)/C(C#N)=C/c2[nH]c3ccccc3c2O)cc1. The summed E-state index contributed by atoms with van der Waals surface area (Å²) in [6, 6.07) is 16.3. The number of hydrogen-bond acceptors (Lipinski definition) is 4. The number of aromatic nitrogens is 1. The van der Waals surface area contributed by atoms with Gasteiger partial charge < -0.3 is 20.6 Å². The monoisotopic (exact) mass is 332 g/mol. The van der Waals surface area contributed by atoms with Crippen molar-refractivity contribution in [3.8, 4) is 17.6 Å². The molecular formula is C19H16N4O2. The zero-order valence-electron chi connectivity index (χ0n) is 13.5. The molecule has 0 aliphatic rings. The van der Waals surface area contributed by atoms with Crippen molar-refractivity contribution in [2.24, 2.45) is 10.7 Å². The van der Waals surface area contributed by atoms with Crippen molar-refractivity contribution < 1.29 is 9.84 Å². The van der Waals surface area contributed by atoms with Crippen LogP contribution in [0.3, 0.4) is 0 Å². The van der Waals surface area contributed by atoms with Crippen molar-refractivity contribution in [2.45, 2.75) is 0 Å². The lowest BCUT2D eigenvalue weighted by atomic mass is 10.2. The van der Waals surface area contributed by atoms with Crippen LogP contribution in [-0.4, -0.2) is 23.0 Å². The number of fused-ring (bicyclic) bond motifs is 1. The number of hydrogen-bond donors (Lipinski definition) is 3. The van der Waals surface area contributed by atoms with E-state index in [0.29, 0.717) is 22.5 Å². The maximum atomic E-state index is 10.3. The fraction of sp³-hybridized carbons (Fsp3) is 0.0526. The van der Waals surface area contributed by atoms with Crippen molar-refractivity contribution in [1.82, 2.24) is 4.98 Å². The van der Waals surface area contributed by atoms with Crippen LogP contribution in [0.1, 0.15) is 5.69 Å². The maximum Gasteiger partial charge on any atom is 0.148 e. The Hall–Kier alpha value is -3.72. The maximum absolute atomic E-state index is 10.3. The van der Waals surface area contributed by atoms with Gasteiger partial charge in [0.1, 0.15) is 23.4 Å².